The van der Waals surface area contributed by atoms with E-state index in [9.17, 15) is 9.90 Å². The summed E-state index contributed by atoms with van der Waals surface area (Å²) >= 11 is 0. The third kappa shape index (κ3) is 6.59. The van der Waals surface area contributed by atoms with Crippen LogP contribution in [-0.4, -0.2) is 54.0 Å². The monoisotopic (exact) mass is 418 g/mol. The van der Waals surface area contributed by atoms with Crippen molar-refractivity contribution in [3.05, 3.63) is 46.8 Å². The van der Waals surface area contributed by atoms with E-state index in [4.69, 9.17) is 20.9 Å². The van der Waals surface area contributed by atoms with E-state index in [0.29, 0.717) is 43.4 Å². The van der Waals surface area contributed by atoms with Crippen LogP contribution in [0.4, 0.5) is 4.79 Å². The number of amides is 1. The Morgan fingerprint density at radius 2 is 2.03 bits per heavy atom. The van der Waals surface area contributed by atoms with Crippen LogP contribution in [0.25, 0.3) is 5.70 Å². The predicted molar refractivity (Wildman–Crippen MR) is 118 cm³/mol. The summed E-state index contributed by atoms with van der Waals surface area (Å²) in [5, 5.41) is 13.0. The highest BCUT2D eigenvalue weighted by Gasteiger charge is 2.25. The van der Waals surface area contributed by atoms with Crippen LogP contribution < -0.4 is 16.8 Å². The molecule has 1 aromatic rings. The summed E-state index contributed by atoms with van der Waals surface area (Å²) in [5.41, 5.74) is 14.8. The fourth-order valence-electron chi connectivity index (χ4n) is 3.35. The van der Waals surface area contributed by atoms with Crippen molar-refractivity contribution in [2.75, 3.05) is 26.3 Å². The number of morpholine rings is 1. The largest absolute Gasteiger partial charge is 0.507 e. The highest BCUT2D eigenvalue weighted by Crippen LogP contribution is 2.27. The van der Waals surface area contributed by atoms with E-state index in [1.54, 1.807) is 18.2 Å². The van der Waals surface area contributed by atoms with Crippen molar-refractivity contribution < 1.29 is 19.4 Å². The molecule has 0 radical (unpaired) electrons. The highest BCUT2D eigenvalue weighted by atomic mass is 16.6. The number of allylic oxidation sites excluding steroid dienone is 2. The minimum absolute atomic E-state index is 0.133. The molecule has 8 nitrogen and oxygen atoms in total. The van der Waals surface area contributed by atoms with Crippen LogP contribution in [0.2, 0.25) is 0 Å². The summed E-state index contributed by atoms with van der Waals surface area (Å²) in [5.74, 6) is 0.639. The van der Waals surface area contributed by atoms with Crippen LogP contribution in [0.1, 0.15) is 37.5 Å². The smallest absolute Gasteiger partial charge is 0.407 e. The van der Waals surface area contributed by atoms with Crippen LogP contribution in [0.3, 0.4) is 0 Å². The van der Waals surface area contributed by atoms with Gasteiger partial charge in [-0.2, -0.15) is 0 Å². The van der Waals surface area contributed by atoms with Gasteiger partial charge in [0.2, 0.25) is 0 Å². The van der Waals surface area contributed by atoms with Gasteiger partial charge in [0.15, 0.2) is 0 Å². The molecule has 1 saturated heterocycles. The Bertz CT molecular complexity index is 804. The van der Waals surface area contributed by atoms with Crippen molar-refractivity contribution in [2.24, 2.45) is 11.5 Å². The van der Waals surface area contributed by atoms with E-state index >= 15 is 0 Å². The number of phenolic OH excluding ortho intramolecular Hbond substituents is 1. The Labute approximate surface area is 178 Å². The van der Waals surface area contributed by atoms with Crippen molar-refractivity contribution in [1.29, 1.82) is 0 Å². The zero-order chi connectivity index (χ0) is 22.5. The minimum atomic E-state index is -0.562. The number of alkyl carbamates (subject to hydrolysis) is 1. The molecule has 30 heavy (non-hydrogen) atoms. The molecule has 1 aliphatic heterocycles. The molecule has 6 N–H and O–H groups in total. The third-order valence-electron chi connectivity index (χ3n) is 4.62. The first-order valence-electron chi connectivity index (χ1n) is 10.0. The summed E-state index contributed by atoms with van der Waals surface area (Å²) in [4.78, 5) is 13.9. The van der Waals surface area contributed by atoms with Gasteiger partial charge in [0.25, 0.3) is 0 Å². The molecule has 0 bridgehead atoms. The molecule has 0 aromatic heterocycles. The van der Waals surface area contributed by atoms with Gasteiger partial charge < -0.3 is 36.3 Å². The van der Waals surface area contributed by atoms with Crippen molar-refractivity contribution in [1.82, 2.24) is 10.2 Å². The van der Waals surface area contributed by atoms with E-state index in [0.717, 1.165) is 11.1 Å². The fourth-order valence-corrected chi connectivity index (χ4v) is 3.35. The van der Waals surface area contributed by atoms with Gasteiger partial charge in [-0.15, -0.1) is 0 Å². The minimum Gasteiger partial charge on any atom is -0.507 e. The van der Waals surface area contributed by atoms with Gasteiger partial charge in [0, 0.05) is 24.4 Å². The average molecular weight is 419 g/mol. The number of carbonyl (C=O) groups excluding carboxylic acids is 1. The number of hydrogen-bond acceptors (Lipinski definition) is 7. The van der Waals surface area contributed by atoms with Gasteiger partial charge in [-0.1, -0.05) is 6.07 Å². The lowest BCUT2D eigenvalue weighted by atomic mass is 10.0. The number of carbonyl (C=O) groups is 1. The van der Waals surface area contributed by atoms with Crippen LogP contribution in [-0.2, 0) is 9.47 Å². The summed E-state index contributed by atoms with van der Waals surface area (Å²) < 4.78 is 10.8. The van der Waals surface area contributed by atoms with Gasteiger partial charge in [0.05, 0.1) is 25.1 Å². The number of benzene rings is 1. The summed E-state index contributed by atoms with van der Waals surface area (Å²) in [6.45, 7) is 11.1. The van der Waals surface area contributed by atoms with Gasteiger partial charge in [-0.3, -0.25) is 0 Å². The maximum absolute atomic E-state index is 11.9. The first-order valence-corrected chi connectivity index (χ1v) is 10.0. The Balaban J connectivity index is 2.10. The number of nitrogens with one attached hydrogen (secondary N) is 1. The maximum Gasteiger partial charge on any atom is 0.407 e. The number of nitrogens with two attached hydrogens (primary N) is 2. The van der Waals surface area contributed by atoms with Crippen LogP contribution in [0.15, 0.2) is 30.1 Å². The molecular weight excluding hydrogens is 384 g/mol. The molecule has 1 aliphatic rings. The number of nitrogens with zero attached hydrogens (tertiary/aromatic N) is 1. The summed E-state index contributed by atoms with van der Waals surface area (Å²) in [6.07, 6.45) is 2.91. The Hall–Kier alpha value is -2.87. The molecule has 1 aromatic carbocycles. The lowest BCUT2D eigenvalue weighted by Crippen LogP contribution is -2.52. The van der Waals surface area contributed by atoms with E-state index in [2.05, 4.69) is 5.32 Å². The molecule has 8 heteroatoms. The van der Waals surface area contributed by atoms with E-state index in [1.165, 1.54) is 0 Å². The molecule has 1 atom stereocenters. The fraction of sp³-hybridized carbons (Fsp3) is 0.500. The second-order valence-electron chi connectivity index (χ2n) is 8.49. The van der Waals surface area contributed by atoms with E-state index in [-0.39, 0.29) is 11.8 Å². The molecular formula is C22H34N4O4. The lowest BCUT2D eigenvalue weighted by molar-refractivity contribution is 0.00677. The predicted octanol–water partition coefficient (Wildman–Crippen LogP) is 2.33. The SMILES string of the molecule is Cc1cc(C)c(/C(N)=C/C=C(\N)N2CCOCC2CNC(=O)OC(C)(C)C)c(O)c1. The standard InChI is InChI=1S/C22H34N4O4/c1-14-10-15(2)20(18(27)11-14)17(23)6-7-19(24)26-8-9-29-13-16(26)12-25-21(28)30-22(3,4)5/h6-7,10-11,16,27H,8-9,12-13,23-24H2,1-5H3,(H,25,28)/b17-6-,19-7+. The van der Waals surface area contributed by atoms with Crippen molar-refractivity contribution >= 4 is 11.8 Å². The van der Waals surface area contributed by atoms with Gasteiger partial charge >= 0.3 is 6.09 Å². The number of phenols is 1. The second-order valence-corrected chi connectivity index (χ2v) is 8.49. The quantitative estimate of drug-likeness (QED) is 0.541. The van der Waals surface area contributed by atoms with Crippen molar-refractivity contribution in [2.45, 2.75) is 46.3 Å². The molecule has 2 rings (SSSR count). The Morgan fingerprint density at radius 1 is 1.33 bits per heavy atom. The number of aromatic hydroxyl groups is 1. The van der Waals surface area contributed by atoms with E-state index < -0.39 is 11.7 Å². The first-order chi connectivity index (χ1) is 14.0. The molecule has 0 saturated carbocycles. The molecule has 1 heterocycles. The topological polar surface area (TPSA) is 123 Å². The lowest BCUT2D eigenvalue weighted by Gasteiger charge is -2.37. The zero-order valence-electron chi connectivity index (χ0n) is 18.5. The Morgan fingerprint density at radius 3 is 2.67 bits per heavy atom. The summed E-state index contributed by atoms with van der Waals surface area (Å²) in [6, 6.07) is 3.51. The van der Waals surface area contributed by atoms with Gasteiger partial charge in [0.1, 0.15) is 11.4 Å². The van der Waals surface area contributed by atoms with E-state index in [1.807, 2.05) is 45.6 Å². The maximum atomic E-state index is 11.9. The number of ether oxygens (including phenoxy) is 2. The molecule has 0 spiro atoms. The van der Waals surface area contributed by atoms with Crippen LogP contribution >= 0.6 is 0 Å². The molecule has 1 fully saturated rings. The Kier molecular flexibility index (Phi) is 7.61. The highest BCUT2D eigenvalue weighted by molar-refractivity contribution is 5.72. The normalized spacial score (nSPS) is 18.3. The number of aryl methyl sites for hydroxylation is 2. The molecule has 166 valence electrons. The first kappa shape index (κ1) is 23.4. The van der Waals surface area contributed by atoms with Crippen LogP contribution in [0.5, 0.6) is 5.75 Å². The molecule has 0 aliphatic carbocycles. The zero-order valence-corrected chi connectivity index (χ0v) is 18.5. The summed E-state index contributed by atoms with van der Waals surface area (Å²) in [7, 11) is 0. The average Bonchev–Trinajstić information content (AvgIpc) is 2.62. The third-order valence-corrected chi connectivity index (χ3v) is 4.62. The van der Waals surface area contributed by atoms with Crippen LogP contribution in [0, 0.1) is 13.8 Å². The number of hydrogen-bond donors (Lipinski definition) is 4. The van der Waals surface area contributed by atoms with Crippen molar-refractivity contribution in [3.63, 3.8) is 0 Å². The van der Waals surface area contributed by atoms with Gasteiger partial charge in [-0.25, -0.2) is 4.79 Å². The molecule has 1 amide bonds. The van der Waals surface area contributed by atoms with Crippen molar-refractivity contribution in [3.8, 4) is 5.75 Å². The van der Waals surface area contributed by atoms with Gasteiger partial charge in [-0.05, 0) is 64.0 Å². The number of rotatable bonds is 5. The molecule has 1 unspecified atom stereocenters. The second kappa shape index (κ2) is 9.75.